The first-order valence-electron chi connectivity index (χ1n) is 7.88. The summed E-state index contributed by atoms with van der Waals surface area (Å²) in [4.78, 5) is 2.75. The standard InChI is InChI=1S/C17H26N2/c1-14-7-2-3-9-16(14)18-13-15-8-6-12-19-11-5-4-10-17(15)19/h2-3,7,9,15,17-18H,4-6,8,10-13H2,1H3. The van der Waals surface area contributed by atoms with Crippen LogP contribution in [-0.2, 0) is 0 Å². The maximum Gasteiger partial charge on any atom is 0.0369 e. The van der Waals surface area contributed by atoms with Gasteiger partial charge in [0.1, 0.15) is 0 Å². The molecule has 2 aliphatic heterocycles. The number of anilines is 1. The second-order valence-electron chi connectivity index (χ2n) is 6.20. The molecule has 1 N–H and O–H groups in total. The van der Waals surface area contributed by atoms with E-state index in [9.17, 15) is 0 Å². The highest BCUT2D eigenvalue weighted by Gasteiger charge is 2.32. The van der Waals surface area contributed by atoms with Gasteiger partial charge in [0.05, 0.1) is 0 Å². The molecular formula is C17H26N2. The van der Waals surface area contributed by atoms with E-state index in [2.05, 4.69) is 41.4 Å². The molecule has 0 bridgehead atoms. The topological polar surface area (TPSA) is 15.3 Å². The van der Waals surface area contributed by atoms with Crippen molar-refractivity contribution in [3.8, 4) is 0 Å². The Labute approximate surface area is 117 Å². The van der Waals surface area contributed by atoms with E-state index >= 15 is 0 Å². The van der Waals surface area contributed by atoms with Gasteiger partial charge in [0, 0.05) is 18.3 Å². The van der Waals surface area contributed by atoms with Crippen LogP contribution >= 0.6 is 0 Å². The van der Waals surface area contributed by atoms with Crippen LogP contribution in [0.4, 0.5) is 5.69 Å². The third-order valence-corrected chi connectivity index (χ3v) is 4.93. The molecular weight excluding hydrogens is 232 g/mol. The molecule has 0 radical (unpaired) electrons. The highest BCUT2D eigenvalue weighted by atomic mass is 15.2. The van der Waals surface area contributed by atoms with Crippen LogP contribution in [0.1, 0.15) is 37.7 Å². The maximum absolute atomic E-state index is 3.69. The number of fused-ring (bicyclic) bond motifs is 1. The van der Waals surface area contributed by atoms with Crippen molar-refractivity contribution in [2.45, 2.75) is 45.1 Å². The van der Waals surface area contributed by atoms with Crippen molar-refractivity contribution in [1.82, 2.24) is 4.90 Å². The predicted octanol–water partition coefficient (Wildman–Crippen LogP) is 3.67. The zero-order chi connectivity index (χ0) is 13.1. The van der Waals surface area contributed by atoms with Crippen LogP contribution in [0.15, 0.2) is 24.3 Å². The number of para-hydroxylation sites is 1. The first-order chi connectivity index (χ1) is 9.34. The number of piperidine rings is 2. The minimum atomic E-state index is 0.841. The summed E-state index contributed by atoms with van der Waals surface area (Å²) < 4.78 is 0. The minimum absolute atomic E-state index is 0.841. The van der Waals surface area contributed by atoms with Gasteiger partial charge in [-0.25, -0.2) is 0 Å². The second-order valence-corrected chi connectivity index (χ2v) is 6.20. The molecule has 0 aliphatic carbocycles. The number of benzene rings is 1. The maximum atomic E-state index is 3.69. The van der Waals surface area contributed by atoms with Crippen LogP contribution < -0.4 is 5.32 Å². The Kier molecular flexibility index (Phi) is 4.07. The van der Waals surface area contributed by atoms with Gasteiger partial charge in [0.25, 0.3) is 0 Å². The summed E-state index contributed by atoms with van der Waals surface area (Å²) in [6, 6.07) is 9.49. The third-order valence-electron chi connectivity index (χ3n) is 4.93. The van der Waals surface area contributed by atoms with Gasteiger partial charge in [0.2, 0.25) is 0 Å². The molecule has 2 saturated heterocycles. The van der Waals surface area contributed by atoms with Crippen LogP contribution in [0.5, 0.6) is 0 Å². The van der Waals surface area contributed by atoms with E-state index in [-0.39, 0.29) is 0 Å². The van der Waals surface area contributed by atoms with Crippen molar-refractivity contribution in [2.75, 3.05) is 25.0 Å². The van der Waals surface area contributed by atoms with Crippen molar-refractivity contribution in [3.05, 3.63) is 29.8 Å². The van der Waals surface area contributed by atoms with Crippen LogP contribution in [0.2, 0.25) is 0 Å². The monoisotopic (exact) mass is 258 g/mol. The van der Waals surface area contributed by atoms with E-state index in [1.165, 1.54) is 56.4 Å². The van der Waals surface area contributed by atoms with Gasteiger partial charge in [-0.2, -0.15) is 0 Å². The number of hydrogen-bond acceptors (Lipinski definition) is 2. The van der Waals surface area contributed by atoms with Gasteiger partial charge in [-0.1, -0.05) is 24.6 Å². The molecule has 1 aromatic carbocycles. The van der Waals surface area contributed by atoms with Crippen molar-refractivity contribution >= 4 is 5.69 Å². The summed E-state index contributed by atoms with van der Waals surface area (Å²) >= 11 is 0. The lowest BCUT2D eigenvalue weighted by atomic mass is 9.83. The largest absolute Gasteiger partial charge is 0.384 e. The van der Waals surface area contributed by atoms with E-state index in [0.29, 0.717) is 0 Å². The molecule has 0 spiro atoms. The van der Waals surface area contributed by atoms with Crippen LogP contribution in [0.25, 0.3) is 0 Å². The average molecular weight is 258 g/mol. The molecule has 2 fully saturated rings. The van der Waals surface area contributed by atoms with Gasteiger partial charge in [0.15, 0.2) is 0 Å². The van der Waals surface area contributed by atoms with E-state index < -0.39 is 0 Å². The van der Waals surface area contributed by atoms with Crippen LogP contribution in [-0.4, -0.2) is 30.6 Å². The highest BCUT2D eigenvalue weighted by Crippen LogP contribution is 2.31. The van der Waals surface area contributed by atoms with Gasteiger partial charge in [-0.15, -0.1) is 0 Å². The summed E-state index contributed by atoms with van der Waals surface area (Å²) in [5.74, 6) is 0.841. The van der Waals surface area contributed by atoms with Gasteiger partial charge in [-0.05, 0) is 63.2 Å². The molecule has 0 amide bonds. The highest BCUT2D eigenvalue weighted by molar-refractivity contribution is 5.50. The Balaban J connectivity index is 1.61. The fraction of sp³-hybridized carbons (Fsp3) is 0.647. The summed E-state index contributed by atoms with van der Waals surface area (Å²) in [6.07, 6.45) is 7.05. The summed E-state index contributed by atoms with van der Waals surface area (Å²) in [7, 11) is 0. The van der Waals surface area contributed by atoms with E-state index in [1.54, 1.807) is 0 Å². The normalized spacial score (nSPS) is 27.8. The molecule has 104 valence electrons. The van der Waals surface area contributed by atoms with Gasteiger partial charge in [-0.3, -0.25) is 0 Å². The number of hydrogen-bond donors (Lipinski definition) is 1. The molecule has 2 unspecified atom stereocenters. The summed E-state index contributed by atoms with van der Waals surface area (Å²) in [5.41, 5.74) is 2.68. The van der Waals surface area contributed by atoms with E-state index in [0.717, 1.165) is 18.5 Å². The Hall–Kier alpha value is -1.02. The summed E-state index contributed by atoms with van der Waals surface area (Å²) in [6.45, 7) is 6.01. The van der Waals surface area contributed by atoms with Crippen LogP contribution in [0.3, 0.4) is 0 Å². The smallest absolute Gasteiger partial charge is 0.0369 e. The first-order valence-corrected chi connectivity index (χ1v) is 7.88. The lowest BCUT2D eigenvalue weighted by Gasteiger charge is -2.44. The zero-order valence-corrected chi connectivity index (χ0v) is 12.1. The number of rotatable bonds is 3. The zero-order valence-electron chi connectivity index (χ0n) is 12.1. The quantitative estimate of drug-likeness (QED) is 0.890. The first kappa shape index (κ1) is 13.0. The van der Waals surface area contributed by atoms with Crippen LogP contribution in [0, 0.1) is 12.8 Å². The molecule has 2 nitrogen and oxygen atoms in total. The fourth-order valence-corrected chi connectivity index (χ4v) is 3.83. The number of aryl methyl sites for hydroxylation is 1. The minimum Gasteiger partial charge on any atom is -0.384 e. The Morgan fingerprint density at radius 1 is 1.11 bits per heavy atom. The molecule has 0 saturated carbocycles. The van der Waals surface area contributed by atoms with Crippen molar-refractivity contribution in [2.24, 2.45) is 5.92 Å². The molecule has 1 aromatic rings. The number of nitrogens with zero attached hydrogens (tertiary/aromatic N) is 1. The molecule has 2 heterocycles. The van der Waals surface area contributed by atoms with Gasteiger partial charge >= 0.3 is 0 Å². The molecule has 19 heavy (non-hydrogen) atoms. The fourth-order valence-electron chi connectivity index (χ4n) is 3.83. The lowest BCUT2D eigenvalue weighted by Crippen LogP contribution is -2.49. The Morgan fingerprint density at radius 2 is 1.95 bits per heavy atom. The van der Waals surface area contributed by atoms with Crippen molar-refractivity contribution in [1.29, 1.82) is 0 Å². The lowest BCUT2D eigenvalue weighted by molar-refractivity contribution is 0.0649. The Bertz CT molecular complexity index is 413. The van der Waals surface area contributed by atoms with Gasteiger partial charge < -0.3 is 10.2 Å². The SMILES string of the molecule is Cc1ccccc1NCC1CCCN2CCCCC12. The number of nitrogens with one attached hydrogen (secondary N) is 1. The summed E-state index contributed by atoms with van der Waals surface area (Å²) in [5, 5.41) is 3.69. The third kappa shape index (κ3) is 2.94. The van der Waals surface area contributed by atoms with E-state index in [4.69, 9.17) is 0 Å². The molecule has 2 heteroatoms. The second kappa shape index (κ2) is 5.96. The molecule has 2 aliphatic rings. The average Bonchev–Trinajstić information content (AvgIpc) is 2.46. The molecule has 3 rings (SSSR count). The Morgan fingerprint density at radius 3 is 2.84 bits per heavy atom. The van der Waals surface area contributed by atoms with Crippen molar-refractivity contribution in [3.63, 3.8) is 0 Å². The molecule has 2 atom stereocenters. The predicted molar refractivity (Wildman–Crippen MR) is 81.6 cm³/mol. The van der Waals surface area contributed by atoms with Crippen molar-refractivity contribution < 1.29 is 0 Å². The molecule has 0 aromatic heterocycles. The van der Waals surface area contributed by atoms with E-state index in [1.807, 2.05) is 0 Å².